The first-order valence-electron chi connectivity index (χ1n) is 10.4. The molecule has 0 fully saturated rings. The molecule has 0 saturated heterocycles. The molecule has 1 atom stereocenters. The molecule has 0 spiro atoms. The number of fused-ring (bicyclic) bond motifs is 1. The highest BCUT2D eigenvalue weighted by atomic mass is 35.5. The van der Waals surface area contributed by atoms with E-state index in [9.17, 15) is 13.2 Å². The molecule has 1 aromatic heterocycles. The normalized spacial score (nSPS) is 12.9. The van der Waals surface area contributed by atoms with E-state index < -0.39 is 10.0 Å². The Labute approximate surface area is 198 Å². The summed E-state index contributed by atoms with van der Waals surface area (Å²) in [6, 6.07) is 11.7. The second kappa shape index (κ2) is 10.7. The summed E-state index contributed by atoms with van der Waals surface area (Å²) < 4.78 is 27.2. The van der Waals surface area contributed by atoms with Crippen LogP contribution in [0.5, 0.6) is 0 Å². The predicted molar refractivity (Wildman–Crippen MR) is 131 cm³/mol. The van der Waals surface area contributed by atoms with Crippen LogP contribution in [0, 0.1) is 0 Å². The van der Waals surface area contributed by atoms with E-state index in [4.69, 9.17) is 11.6 Å². The minimum atomic E-state index is -3.80. The third kappa shape index (κ3) is 5.28. The maximum absolute atomic E-state index is 13.1. The van der Waals surface area contributed by atoms with Crippen molar-refractivity contribution in [1.82, 2.24) is 19.6 Å². The lowest BCUT2D eigenvalue weighted by Crippen LogP contribution is -2.32. The molecule has 172 valence electrons. The van der Waals surface area contributed by atoms with Crippen molar-refractivity contribution in [3.63, 3.8) is 0 Å². The molecule has 3 rings (SSSR count). The highest BCUT2D eigenvalue weighted by molar-refractivity contribution is 7.98. The van der Waals surface area contributed by atoms with Gasteiger partial charge in [-0.05, 0) is 48.8 Å². The minimum absolute atomic E-state index is 0.0695. The number of aromatic nitrogens is 2. The molecule has 0 unspecified atom stereocenters. The number of nitrogens with zero attached hydrogens (tertiary/aromatic N) is 2. The van der Waals surface area contributed by atoms with E-state index in [1.165, 1.54) is 22.5 Å². The van der Waals surface area contributed by atoms with E-state index in [0.29, 0.717) is 25.3 Å². The lowest BCUT2D eigenvalue weighted by Gasteiger charge is -2.20. The molecular formula is C22H27ClN4O3S2. The topological polar surface area (TPSA) is 95.2 Å². The molecule has 0 saturated carbocycles. The van der Waals surface area contributed by atoms with Gasteiger partial charge in [0.05, 0.1) is 22.1 Å². The molecule has 1 amide bonds. The number of amides is 1. The van der Waals surface area contributed by atoms with Crippen molar-refractivity contribution in [2.45, 2.75) is 31.2 Å². The molecule has 2 aromatic carbocycles. The number of H-pyrrole nitrogens is 1. The number of hydrogen-bond donors (Lipinski definition) is 2. The number of aromatic amines is 1. The summed E-state index contributed by atoms with van der Waals surface area (Å²) in [6.45, 7) is 4.15. The summed E-state index contributed by atoms with van der Waals surface area (Å²) in [6.07, 6.45) is 2.67. The average molecular weight is 495 g/mol. The Morgan fingerprint density at radius 1 is 1.22 bits per heavy atom. The van der Waals surface area contributed by atoms with Gasteiger partial charge >= 0.3 is 0 Å². The molecule has 0 radical (unpaired) electrons. The van der Waals surface area contributed by atoms with E-state index in [1.807, 2.05) is 30.5 Å². The number of benzene rings is 2. The molecule has 2 N–H and O–H groups in total. The lowest BCUT2D eigenvalue weighted by molar-refractivity contribution is 0.0934. The SMILES string of the molecule is CCN(CC)S(=O)(=O)c1cc(C(=O)N[C@@H](CCSC)c2nc3ccccc3[nH]2)ccc1Cl. The second-order valence-electron chi connectivity index (χ2n) is 7.18. The van der Waals surface area contributed by atoms with Gasteiger partial charge in [0.15, 0.2) is 0 Å². The van der Waals surface area contributed by atoms with Crippen molar-refractivity contribution in [2.24, 2.45) is 0 Å². The molecule has 10 heteroatoms. The Kier molecular flexibility index (Phi) is 8.21. The number of para-hydroxylation sites is 2. The third-order valence-corrected chi connectivity index (χ3v) is 8.35. The fourth-order valence-corrected chi connectivity index (χ4v) is 5.87. The standard InChI is InChI=1S/C22H27ClN4O3S2/c1-4-27(5-2)32(29,30)20-14-15(10-11-16(20)23)22(28)26-19(12-13-31-3)21-24-17-8-6-7-9-18(17)25-21/h6-11,14,19H,4-5,12-13H2,1-3H3,(H,24,25)(H,26,28)/t19-/m0/s1. The first-order chi connectivity index (χ1) is 15.3. The zero-order valence-corrected chi connectivity index (χ0v) is 20.6. The van der Waals surface area contributed by atoms with Gasteiger partial charge in [-0.15, -0.1) is 0 Å². The third-order valence-electron chi connectivity index (χ3n) is 5.17. The number of rotatable bonds is 10. The van der Waals surface area contributed by atoms with Crippen LogP contribution in [0.15, 0.2) is 47.4 Å². The van der Waals surface area contributed by atoms with Crippen LogP contribution in [0.1, 0.15) is 42.5 Å². The van der Waals surface area contributed by atoms with Gasteiger partial charge in [-0.25, -0.2) is 13.4 Å². The van der Waals surface area contributed by atoms with Crippen LogP contribution >= 0.6 is 23.4 Å². The van der Waals surface area contributed by atoms with Crippen molar-refractivity contribution < 1.29 is 13.2 Å². The van der Waals surface area contributed by atoms with Crippen LogP contribution < -0.4 is 5.32 Å². The van der Waals surface area contributed by atoms with E-state index in [-0.39, 0.29) is 27.4 Å². The fourth-order valence-electron chi connectivity index (χ4n) is 3.44. The summed E-state index contributed by atoms with van der Waals surface area (Å²) in [5.41, 5.74) is 1.94. The molecule has 7 nitrogen and oxygen atoms in total. The van der Waals surface area contributed by atoms with Gasteiger partial charge < -0.3 is 10.3 Å². The van der Waals surface area contributed by atoms with Crippen molar-refractivity contribution in [2.75, 3.05) is 25.1 Å². The predicted octanol–water partition coefficient (Wildman–Crippen LogP) is 4.47. The van der Waals surface area contributed by atoms with Gasteiger partial charge in [-0.3, -0.25) is 4.79 Å². The first kappa shape index (κ1) is 24.6. The van der Waals surface area contributed by atoms with Crippen LogP contribution in [-0.2, 0) is 10.0 Å². The van der Waals surface area contributed by atoms with E-state index in [0.717, 1.165) is 16.8 Å². The number of sulfonamides is 1. The number of imidazole rings is 1. The smallest absolute Gasteiger partial charge is 0.251 e. The maximum Gasteiger partial charge on any atom is 0.251 e. The summed E-state index contributed by atoms with van der Waals surface area (Å²) in [7, 11) is -3.80. The Hall–Kier alpha value is -2.07. The average Bonchev–Trinajstić information content (AvgIpc) is 3.21. The lowest BCUT2D eigenvalue weighted by atomic mass is 10.1. The highest BCUT2D eigenvalue weighted by Gasteiger charge is 2.26. The first-order valence-corrected chi connectivity index (χ1v) is 13.6. The fraction of sp³-hybridized carbons (Fsp3) is 0.364. The summed E-state index contributed by atoms with van der Waals surface area (Å²) in [4.78, 5) is 20.9. The molecule has 32 heavy (non-hydrogen) atoms. The largest absolute Gasteiger partial charge is 0.342 e. The van der Waals surface area contributed by atoms with Crippen LogP contribution in [-0.4, -0.2) is 53.7 Å². The van der Waals surface area contributed by atoms with E-state index >= 15 is 0 Å². The van der Waals surface area contributed by atoms with Gasteiger partial charge in [0.1, 0.15) is 10.7 Å². The Morgan fingerprint density at radius 2 is 1.94 bits per heavy atom. The molecule has 0 aliphatic rings. The monoisotopic (exact) mass is 494 g/mol. The summed E-state index contributed by atoms with van der Waals surface area (Å²) >= 11 is 7.88. The van der Waals surface area contributed by atoms with Crippen LogP contribution in [0.4, 0.5) is 0 Å². The summed E-state index contributed by atoms with van der Waals surface area (Å²) in [5.74, 6) is 1.10. The number of carbonyl (C=O) groups is 1. The van der Waals surface area contributed by atoms with Gasteiger partial charge in [0.25, 0.3) is 5.91 Å². The quantitative estimate of drug-likeness (QED) is 0.433. The van der Waals surface area contributed by atoms with Crippen molar-refractivity contribution >= 4 is 50.3 Å². The van der Waals surface area contributed by atoms with E-state index in [1.54, 1.807) is 25.6 Å². The Balaban J connectivity index is 1.91. The van der Waals surface area contributed by atoms with E-state index in [2.05, 4.69) is 15.3 Å². The number of thioether (sulfide) groups is 1. The maximum atomic E-state index is 13.1. The second-order valence-corrected chi connectivity index (χ2v) is 10.5. The van der Waals surface area contributed by atoms with Crippen LogP contribution in [0.25, 0.3) is 11.0 Å². The van der Waals surface area contributed by atoms with Crippen LogP contribution in [0.2, 0.25) is 5.02 Å². The molecule has 0 aliphatic carbocycles. The zero-order chi connectivity index (χ0) is 23.3. The van der Waals surface area contributed by atoms with Crippen molar-refractivity contribution in [1.29, 1.82) is 0 Å². The summed E-state index contributed by atoms with van der Waals surface area (Å²) in [5, 5.41) is 3.09. The number of carbonyl (C=O) groups excluding carboxylic acids is 1. The Morgan fingerprint density at radius 3 is 2.59 bits per heavy atom. The minimum Gasteiger partial charge on any atom is -0.342 e. The molecule has 0 bridgehead atoms. The van der Waals surface area contributed by atoms with Gasteiger partial charge in [-0.2, -0.15) is 16.1 Å². The Bertz CT molecular complexity index is 1160. The van der Waals surface area contributed by atoms with Gasteiger partial charge in [-0.1, -0.05) is 37.6 Å². The molecular weight excluding hydrogens is 468 g/mol. The zero-order valence-electron chi connectivity index (χ0n) is 18.3. The number of hydrogen-bond acceptors (Lipinski definition) is 5. The molecule has 3 aromatic rings. The molecule has 1 heterocycles. The molecule has 0 aliphatic heterocycles. The van der Waals surface area contributed by atoms with Crippen molar-refractivity contribution in [3.8, 4) is 0 Å². The van der Waals surface area contributed by atoms with Crippen LogP contribution in [0.3, 0.4) is 0 Å². The highest BCUT2D eigenvalue weighted by Crippen LogP contribution is 2.27. The number of halogens is 1. The van der Waals surface area contributed by atoms with Gasteiger partial charge in [0, 0.05) is 18.7 Å². The number of nitrogens with one attached hydrogen (secondary N) is 2. The van der Waals surface area contributed by atoms with Crippen molar-refractivity contribution in [3.05, 3.63) is 58.9 Å². The van der Waals surface area contributed by atoms with Gasteiger partial charge in [0.2, 0.25) is 10.0 Å².